The van der Waals surface area contributed by atoms with E-state index in [9.17, 15) is 17.6 Å². The highest BCUT2D eigenvalue weighted by atomic mass is 19.2. The zero-order valence-corrected chi connectivity index (χ0v) is 10.0. The molecule has 0 saturated carbocycles. The van der Waals surface area contributed by atoms with Gasteiger partial charge in [0.1, 0.15) is 12.4 Å². The number of hydrogen-bond donors (Lipinski definition) is 0. The third-order valence-electron chi connectivity index (χ3n) is 2.70. The second-order valence-corrected chi connectivity index (χ2v) is 3.96. The van der Waals surface area contributed by atoms with Gasteiger partial charge in [0.2, 0.25) is 0 Å². The van der Waals surface area contributed by atoms with Gasteiger partial charge in [0, 0.05) is 5.56 Å². The number of benzene rings is 2. The molecule has 0 unspecified atom stereocenters. The summed E-state index contributed by atoms with van der Waals surface area (Å²) in [6, 6.07) is 8.20. The lowest BCUT2D eigenvalue weighted by Gasteiger charge is -2.11. The van der Waals surface area contributed by atoms with E-state index >= 15 is 0 Å². The van der Waals surface area contributed by atoms with Crippen molar-refractivity contribution in [2.24, 2.45) is 0 Å². The summed E-state index contributed by atoms with van der Waals surface area (Å²) < 4.78 is 58.8. The van der Waals surface area contributed by atoms with Crippen molar-refractivity contribution in [1.29, 1.82) is 0 Å². The van der Waals surface area contributed by atoms with Crippen molar-refractivity contribution in [3.63, 3.8) is 0 Å². The molecule has 0 bridgehead atoms. The summed E-state index contributed by atoms with van der Waals surface area (Å²) in [5, 5.41) is 0. The highest BCUT2D eigenvalue weighted by Gasteiger charge is 2.23. The highest BCUT2D eigenvalue weighted by molar-refractivity contribution is 5.29. The van der Waals surface area contributed by atoms with E-state index in [0.717, 1.165) is 6.92 Å². The van der Waals surface area contributed by atoms with Gasteiger partial charge in [-0.25, -0.2) is 17.6 Å². The molecule has 0 radical (unpaired) electrons. The number of rotatable bonds is 3. The van der Waals surface area contributed by atoms with Crippen molar-refractivity contribution in [3.05, 3.63) is 64.7 Å². The zero-order valence-electron chi connectivity index (χ0n) is 10.0. The first-order valence-electron chi connectivity index (χ1n) is 5.51. The maximum atomic E-state index is 13.5. The molecule has 0 aliphatic rings. The van der Waals surface area contributed by atoms with Gasteiger partial charge in [0.05, 0.1) is 5.56 Å². The number of ether oxygens (including phenoxy) is 1. The summed E-state index contributed by atoms with van der Waals surface area (Å²) in [6.45, 7) is 0.383. The van der Waals surface area contributed by atoms with Crippen LogP contribution in [-0.4, -0.2) is 0 Å². The van der Waals surface area contributed by atoms with Crippen molar-refractivity contribution in [1.82, 2.24) is 0 Å². The SMILES string of the molecule is Cc1c(F)c(F)c(COc2ccccc2)c(F)c1F. The maximum absolute atomic E-state index is 13.5. The van der Waals surface area contributed by atoms with Crippen LogP contribution < -0.4 is 4.74 Å². The van der Waals surface area contributed by atoms with E-state index in [4.69, 9.17) is 4.74 Å². The van der Waals surface area contributed by atoms with E-state index in [2.05, 4.69) is 0 Å². The van der Waals surface area contributed by atoms with Crippen LogP contribution in [0, 0.1) is 30.2 Å². The van der Waals surface area contributed by atoms with Gasteiger partial charge < -0.3 is 4.74 Å². The third-order valence-corrected chi connectivity index (χ3v) is 2.70. The minimum absolute atomic E-state index is 0.350. The van der Waals surface area contributed by atoms with Crippen LogP contribution in [0.5, 0.6) is 5.75 Å². The molecule has 2 aromatic carbocycles. The fraction of sp³-hybridized carbons (Fsp3) is 0.143. The summed E-state index contributed by atoms with van der Waals surface area (Å²) >= 11 is 0. The summed E-state index contributed by atoms with van der Waals surface area (Å²) in [6.07, 6.45) is 0. The lowest BCUT2D eigenvalue weighted by molar-refractivity contribution is 0.285. The Morgan fingerprint density at radius 3 is 1.89 bits per heavy atom. The molecule has 100 valence electrons. The van der Waals surface area contributed by atoms with Crippen molar-refractivity contribution >= 4 is 0 Å². The second-order valence-electron chi connectivity index (χ2n) is 3.96. The van der Waals surface area contributed by atoms with Crippen LogP contribution in [0.25, 0.3) is 0 Å². The molecule has 2 aromatic rings. The van der Waals surface area contributed by atoms with Gasteiger partial charge in [-0.1, -0.05) is 18.2 Å². The number of halogens is 4. The lowest BCUT2D eigenvalue weighted by atomic mass is 10.1. The summed E-state index contributed by atoms with van der Waals surface area (Å²) in [5.41, 5.74) is -1.44. The fourth-order valence-electron chi connectivity index (χ4n) is 1.59. The van der Waals surface area contributed by atoms with Gasteiger partial charge >= 0.3 is 0 Å². The molecule has 0 atom stereocenters. The largest absolute Gasteiger partial charge is 0.489 e. The molecule has 19 heavy (non-hydrogen) atoms. The second kappa shape index (κ2) is 5.30. The van der Waals surface area contributed by atoms with Crippen LogP contribution in [0.3, 0.4) is 0 Å². The first-order chi connectivity index (χ1) is 9.02. The molecule has 0 amide bonds. The molecular formula is C14H10F4O. The van der Waals surface area contributed by atoms with Gasteiger partial charge in [0.25, 0.3) is 0 Å². The number of hydrogen-bond acceptors (Lipinski definition) is 1. The number of para-hydroxylation sites is 1. The standard InChI is InChI=1S/C14H10F4O/c1-8-11(15)13(17)10(14(18)12(8)16)7-19-9-5-3-2-4-6-9/h2-6H,7H2,1H3. The topological polar surface area (TPSA) is 9.23 Å². The first kappa shape index (κ1) is 13.4. The molecular weight excluding hydrogens is 260 g/mol. The Kier molecular flexibility index (Phi) is 3.74. The van der Waals surface area contributed by atoms with Crippen LogP contribution in [0.1, 0.15) is 11.1 Å². The van der Waals surface area contributed by atoms with Gasteiger partial charge in [0.15, 0.2) is 23.3 Å². The first-order valence-corrected chi connectivity index (χ1v) is 5.51. The summed E-state index contributed by atoms with van der Waals surface area (Å²) in [5.74, 6) is -5.29. The van der Waals surface area contributed by atoms with E-state index in [1.165, 1.54) is 0 Å². The van der Waals surface area contributed by atoms with E-state index in [1.807, 2.05) is 0 Å². The van der Waals surface area contributed by atoms with Crippen LogP contribution in [0.15, 0.2) is 30.3 Å². The van der Waals surface area contributed by atoms with E-state index in [0.29, 0.717) is 5.75 Å². The average Bonchev–Trinajstić information content (AvgIpc) is 2.44. The molecule has 0 saturated heterocycles. The van der Waals surface area contributed by atoms with Gasteiger partial charge in [-0.2, -0.15) is 0 Å². The van der Waals surface area contributed by atoms with E-state index in [1.54, 1.807) is 30.3 Å². The molecule has 0 N–H and O–H groups in total. The molecule has 1 nitrogen and oxygen atoms in total. The Bertz CT molecular complexity index is 567. The van der Waals surface area contributed by atoms with Gasteiger partial charge in [-0.05, 0) is 19.1 Å². The normalized spacial score (nSPS) is 10.6. The van der Waals surface area contributed by atoms with E-state index < -0.39 is 41.0 Å². The Morgan fingerprint density at radius 1 is 0.842 bits per heavy atom. The molecule has 2 rings (SSSR count). The zero-order chi connectivity index (χ0) is 14.0. The monoisotopic (exact) mass is 270 g/mol. The third kappa shape index (κ3) is 2.54. The molecule has 0 heterocycles. The van der Waals surface area contributed by atoms with Crippen LogP contribution in [0.2, 0.25) is 0 Å². The van der Waals surface area contributed by atoms with Crippen molar-refractivity contribution < 1.29 is 22.3 Å². The predicted molar refractivity (Wildman–Crippen MR) is 61.8 cm³/mol. The predicted octanol–water partition coefficient (Wildman–Crippen LogP) is 4.13. The maximum Gasteiger partial charge on any atom is 0.168 e. The highest BCUT2D eigenvalue weighted by Crippen LogP contribution is 2.24. The fourth-order valence-corrected chi connectivity index (χ4v) is 1.59. The van der Waals surface area contributed by atoms with E-state index in [-0.39, 0.29) is 0 Å². The Morgan fingerprint density at radius 2 is 1.37 bits per heavy atom. The molecule has 0 aromatic heterocycles. The molecule has 0 spiro atoms. The average molecular weight is 270 g/mol. The van der Waals surface area contributed by atoms with Crippen molar-refractivity contribution in [2.45, 2.75) is 13.5 Å². The molecule has 5 heteroatoms. The van der Waals surface area contributed by atoms with Crippen LogP contribution in [0.4, 0.5) is 17.6 Å². The Labute approximate surface area is 107 Å². The molecule has 0 aliphatic heterocycles. The molecule has 0 aliphatic carbocycles. The minimum Gasteiger partial charge on any atom is -0.489 e. The van der Waals surface area contributed by atoms with Crippen molar-refractivity contribution in [2.75, 3.05) is 0 Å². The van der Waals surface area contributed by atoms with Gasteiger partial charge in [-0.3, -0.25) is 0 Å². The smallest absolute Gasteiger partial charge is 0.168 e. The summed E-state index contributed by atoms with van der Waals surface area (Å²) in [4.78, 5) is 0. The lowest BCUT2D eigenvalue weighted by Crippen LogP contribution is -2.09. The van der Waals surface area contributed by atoms with Crippen LogP contribution >= 0.6 is 0 Å². The Hall–Kier alpha value is -2.04. The Balaban J connectivity index is 2.31. The quantitative estimate of drug-likeness (QED) is 0.602. The van der Waals surface area contributed by atoms with Crippen molar-refractivity contribution in [3.8, 4) is 5.75 Å². The van der Waals surface area contributed by atoms with Gasteiger partial charge in [-0.15, -0.1) is 0 Å². The van der Waals surface area contributed by atoms with Crippen LogP contribution in [-0.2, 0) is 6.61 Å². The minimum atomic E-state index is -1.42. The summed E-state index contributed by atoms with van der Waals surface area (Å²) in [7, 11) is 0. The molecule has 0 fully saturated rings.